The molecule has 1 aromatic rings. The Labute approximate surface area is 141 Å². The number of nitrogens with zero attached hydrogens (tertiary/aromatic N) is 1. The van der Waals surface area contributed by atoms with Crippen LogP contribution < -0.4 is 11.5 Å². The fraction of sp³-hybridized carbons (Fsp3) is 0.667. The third-order valence-corrected chi connectivity index (χ3v) is 6.00. The summed E-state index contributed by atoms with van der Waals surface area (Å²) in [6.07, 6.45) is 2.38. The third kappa shape index (κ3) is 2.96. The van der Waals surface area contributed by atoms with E-state index in [1.54, 1.807) is 0 Å². The maximum atomic E-state index is 14.0. The fourth-order valence-corrected chi connectivity index (χ4v) is 4.83. The molecule has 0 bridgehead atoms. The van der Waals surface area contributed by atoms with Crippen LogP contribution in [-0.2, 0) is 4.74 Å². The summed E-state index contributed by atoms with van der Waals surface area (Å²) >= 11 is 0. The van der Waals surface area contributed by atoms with Crippen LogP contribution in [0.5, 0.6) is 0 Å². The molecule has 6 heteroatoms. The van der Waals surface area contributed by atoms with E-state index in [9.17, 15) is 8.78 Å². The molecule has 2 aliphatic heterocycles. The Morgan fingerprint density at radius 1 is 1.04 bits per heavy atom. The van der Waals surface area contributed by atoms with Gasteiger partial charge in [0.15, 0.2) is 0 Å². The average molecular weight is 337 g/mol. The van der Waals surface area contributed by atoms with Crippen molar-refractivity contribution < 1.29 is 13.5 Å². The fourth-order valence-electron chi connectivity index (χ4n) is 4.83. The van der Waals surface area contributed by atoms with Crippen molar-refractivity contribution in [1.82, 2.24) is 4.90 Å². The van der Waals surface area contributed by atoms with Gasteiger partial charge in [-0.1, -0.05) is 0 Å². The summed E-state index contributed by atoms with van der Waals surface area (Å²) in [6.45, 7) is 2.62. The molecule has 132 valence electrons. The molecule has 3 aliphatic rings. The van der Waals surface area contributed by atoms with E-state index in [1.807, 2.05) is 0 Å². The van der Waals surface area contributed by atoms with Crippen LogP contribution in [0.15, 0.2) is 18.2 Å². The molecule has 1 aliphatic carbocycles. The first kappa shape index (κ1) is 16.4. The van der Waals surface area contributed by atoms with E-state index in [4.69, 9.17) is 16.2 Å². The van der Waals surface area contributed by atoms with Crippen LogP contribution in [0.4, 0.5) is 8.78 Å². The maximum Gasteiger partial charge on any atom is 0.129 e. The lowest BCUT2D eigenvalue weighted by Gasteiger charge is -2.39. The van der Waals surface area contributed by atoms with Gasteiger partial charge in [-0.05, 0) is 49.3 Å². The highest BCUT2D eigenvalue weighted by molar-refractivity contribution is 5.23. The smallest absolute Gasteiger partial charge is 0.129 e. The summed E-state index contributed by atoms with van der Waals surface area (Å²) in [5.74, 6) is 0.456. The second kappa shape index (κ2) is 6.33. The van der Waals surface area contributed by atoms with Crippen molar-refractivity contribution >= 4 is 0 Å². The van der Waals surface area contributed by atoms with E-state index in [2.05, 4.69) is 4.90 Å². The van der Waals surface area contributed by atoms with Crippen molar-refractivity contribution in [2.24, 2.45) is 23.3 Å². The van der Waals surface area contributed by atoms with Gasteiger partial charge >= 0.3 is 0 Å². The van der Waals surface area contributed by atoms with E-state index in [0.29, 0.717) is 24.5 Å². The molecule has 5 unspecified atom stereocenters. The summed E-state index contributed by atoms with van der Waals surface area (Å²) in [7, 11) is 0. The van der Waals surface area contributed by atoms with Crippen molar-refractivity contribution in [1.29, 1.82) is 0 Å². The van der Waals surface area contributed by atoms with E-state index in [0.717, 1.165) is 44.5 Å². The quantitative estimate of drug-likeness (QED) is 0.864. The minimum Gasteiger partial charge on any atom is -0.370 e. The van der Waals surface area contributed by atoms with Gasteiger partial charge in [0.05, 0.1) is 6.61 Å². The van der Waals surface area contributed by atoms with Crippen molar-refractivity contribution in [3.63, 3.8) is 0 Å². The van der Waals surface area contributed by atoms with Gasteiger partial charge in [-0.2, -0.15) is 0 Å². The molecule has 0 amide bonds. The topological polar surface area (TPSA) is 64.5 Å². The van der Waals surface area contributed by atoms with Gasteiger partial charge < -0.3 is 16.2 Å². The standard InChI is InChI=1S/C18H25F2N3O/c19-12-1-2-16(20)15(5-12)18-17(22)6-14(9-24-18)23-7-10-3-13(21)4-11(10)8-23/h1-2,5,10-11,13-14,17-18H,3-4,6-9,21-22H2. The molecule has 2 heterocycles. The number of fused-ring (bicyclic) bond motifs is 1. The molecule has 5 atom stereocenters. The summed E-state index contributed by atoms with van der Waals surface area (Å²) in [4.78, 5) is 2.46. The number of nitrogens with two attached hydrogens (primary N) is 2. The van der Waals surface area contributed by atoms with Crippen LogP contribution >= 0.6 is 0 Å². The normalized spacial score (nSPS) is 40.0. The summed E-state index contributed by atoms with van der Waals surface area (Å²) in [6, 6.07) is 3.73. The van der Waals surface area contributed by atoms with Gasteiger partial charge in [0.25, 0.3) is 0 Å². The van der Waals surface area contributed by atoms with E-state index in [-0.39, 0.29) is 17.6 Å². The molecule has 1 aromatic carbocycles. The Morgan fingerprint density at radius 3 is 2.42 bits per heavy atom. The number of hydrogen-bond acceptors (Lipinski definition) is 4. The number of ether oxygens (including phenoxy) is 1. The third-order valence-electron chi connectivity index (χ3n) is 6.00. The zero-order valence-electron chi connectivity index (χ0n) is 13.7. The number of likely N-dealkylation sites (tertiary alicyclic amines) is 1. The summed E-state index contributed by atoms with van der Waals surface area (Å²) in [5.41, 5.74) is 12.5. The monoisotopic (exact) mass is 337 g/mol. The Morgan fingerprint density at radius 2 is 1.75 bits per heavy atom. The van der Waals surface area contributed by atoms with Crippen molar-refractivity contribution in [3.8, 4) is 0 Å². The van der Waals surface area contributed by atoms with Crippen LogP contribution in [0.2, 0.25) is 0 Å². The first-order chi connectivity index (χ1) is 11.5. The number of benzene rings is 1. The summed E-state index contributed by atoms with van der Waals surface area (Å²) in [5, 5.41) is 0. The van der Waals surface area contributed by atoms with Gasteiger partial charge in [-0.15, -0.1) is 0 Å². The van der Waals surface area contributed by atoms with Gasteiger partial charge in [-0.25, -0.2) is 8.78 Å². The highest BCUT2D eigenvalue weighted by Gasteiger charge is 2.43. The Kier molecular flexibility index (Phi) is 4.33. The van der Waals surface area contributed by atoms with Crippen molar-refractivity contribution in [2.75, 3.05) is 19.7 Å². The summed E-state index contributed by atoms with van der Waals surface area (Å²) < 4.78 is 33.3. The van der Waals surface area contributed by atoms with Gasteiger partial charge in [0, 0.05) is 36.8 Å². The van der Waals surface area contributed by atoms with Crippen LogP contribution in [0, 0.1) is 23.5 Å². The van der Waals surface area contributed by atoms with E-state index in [1.165, 1.54) is 6.07 Å². The molecule has 4 N–H and O–H groups in total. The molecule has 4 rings (SSSR count). The highest BCUT2D eigenvalue weighted by Crippen LogP contribution is 2.40. The van der Waals surface area contributed by atoms with Gasteiger partial charge in [-0.3, -0.25) is 4.90 Å². The Hall–Kier alpha value is -1.08. The molecule has 2 saturated heterocycles. The van der Waals surface area contributed by atoms with Crippen molar-refractivity contribution in [2.45, 2.75) is 43.5 Å². The largest absolute Gasteiger partial charge is 0.370 e. The molecule has 0 aromatic heterocycles. The number of halogens is 2. The molecule has 1 saturated carbocycles. The highest BCUT2D eigenvalue weighted by atomic mass is 19.1. The van der Waals surface area contributed by atoms with Crippen LogP contribution in [0.1, 0.15) is 30.9 Å². The molecule has 0 radical (unpaired) electrons. The number of rotatable bonds is 2. The Balaban J connectivity index is 1.41. The molecule has 4 nitrogen and oxygen atoms in total. The van der Waals surface area contributed by atoms with E-state index >= 15 is 0 Å². The first-order valence-corrected chi connectivity index (χ1v) is 8.83. The van der Waals surface area contributed by atoms with Gasteiger partial charge in [0.2, 0.25) is 0 Å². The first-order valence-electron chi connectivity index (χ1n) is 8.83. The lowest BCUT2D eigenvalue weighted by atomic mass is 9.93. The maximum absolute atomic E-state index is 14.0. The lowest BCUT2D eigenvalue weighted by molar-refractivity contribution is -0.0485. The second-order valence-electron chi connectivity index (χ2n) is 7.68. The number of hydrogen-bond donors (Lipinski definition) is 2. The van der Waals surface area contributed by atoms with Crippen molar-refractivity contribution in [3.05, 3.63) is 35.4 Å². The predicted molar refractivity (Wildman–Crippen MR) is 87.2 cm³/mol. The minimum atomic E-state index is -0.576. The molecular formula is C18H25F2N3O. The molecule has 24 heavy (non-hydrogen) atoms. The van der Waals surface area contributed by atoms with Crippen LogP contribution in [-0.4, -0.2) is 42.7 Å². The van der Waals surface area contributed by atoms with Crippen LogP contribution in [0.3, 0.4) is 0 Å². The predicted octanol–water partition coefficient (Wildman–Crippen LogP) is 1.79. The SMILES string of the molecule is NC1CC2CN(C3COC(c4cc(F)ccc4F)C(N)C3)CC2C1. The molecular weight excluding hydrogens is 312 g/mol. The van der Waals surface area contributed by atoms with Crippen LogP contribution in [0.25, 0.3) is 0 Å². The zero-order chi connectivity index (χ0) is 16.8. The molecule has 0 spiro atoms. The van der Waals surface area contributed by atoms with Gasteiger partial charge in [0.1, 0.15) is 17.7 Å². The second-order valence-corrected chi connectivity index (χ2v) is 7.68. The average Bonchev–Trinajstić information content (AvgIpc) is 3.07. The van der Waals surface area contributed by atoms with E-state index < -0.39 is 17.7 Å². The molecule has 3 fully saturated rings. The Bertz CT molecular complexity index is 600. The minimum absolute atomic E-state index is 0.227. The zero-order valence-corrected chi connectivity index (χ0v) is 13.7. The lowest BCUT2D eigenvalue weighted by Crippen LogP contribution is -2.49.